The molecule has 1 saturated carbocycles. The Bertz CT molecular complexity index is 699. The van der Waals surface area contributed by atoms with Crippen LogP contribution >= 0.6 is 0 Å². The molecule has 7 heteroatoms. The molecule has 2 aliphatic rings. The van der Waals surface area contributed by atoms with E-state index >= 15 is 0 Å². The lowest BCUT2D eigenvalue weighted by Crippen LogP contribution is -2.45. The third-order valence-electron chi connectivity index (χ3n) is 4.99. The number of sulfonamides is 1. The maximum Gasteiger partial charge on any atom is 0.335 e. The largest absolute Gasteiger partial charge is 0.335 e. The summed E-state index contributed by atoms with van der Waals surface area (Å²) in [5.41, 5.74) is 0.359. The quantitative estimate of drug-likeness (QED) is 0.885. The maximum absolute atomic E-state index is 12.6. The normalized spacial score (nSPS) is 20.8. The Labute approximate surface area is 143 Å². The van der Waals surface area contributed by atoms with E-state index in [0.29, 0.717) is 18.2 Å². The minimum Gasteiger partial charge on any atom is -0.306 e. The van der Waals surface area contributed by atoms with Crippen molar-refractivity contribution in [1.29, 1.82) is 0 Å². The van der Waals surface area contributed by atoms with Crippen LogP contribution in [0.5, 0.6) is 0 Å². The van der Waals surface area contributed by atoms with Crippen LogP contribution in [0.4, 0.5) is 10.5 Å². The molecule has 0 atom stereocenters. The molecule has 0 aromatic heterocycles. The molecule has 1 aliphatic carbocycles. The molecule has 1 N–H and O–H groups in total. The number of hydrogen-bond acceptors (Lipinski definition) is 4. The van der Waals surface area contributed by atoms with Gasteiger partial charge < -0.3 is 10.2 Å². The third kappa shape index (κ3) is 3.42. The number of nitrogens with zero attached hydrogens (tertiary/aromatic N) is 2. The van der Waals surface area contributed by atoms with Crippen molar-refractivity contribution in [3.63, 3.8) is 0 Å². The number of benzene rings is 1. The minimum absolute atomic E-state index is 0.172. The van der Waals surface area contributed by atoms with Crippen molar-refractivity contribution in [3.8, 4) is 0 Å². The molecule has 132 valence electrons. The number of carbonyl (C=O) groups is 1. The van der Waals surface area contributed by atoms with E-state index in [0.717, 1.165) is 10.8 Å². The van der Waals surface area contributed by atoms with Crippen molar-refractivity contribution < 1.29 is 13.2 Å². The lowest BCUT2D eigenvalue weighted by Gasteiger charge is -2.32. The van der Waals surface area contributed by atoms with Crippen molar-refractivity contribution in [2.75, 3.05) is 25.5 Å². The van der Waals surface area contributed by atoms with Gasteiger partial charge in [-0.2, -0.15) is 0 Å². The van der Waals surface area contributed by atoms with Gasteiger partial charge in [0.1, 0.15) is 4.90 Å². The lowest BCUT2D eigenvalue weighted by molar-refractivity contribution is 0.185. The molecule has 1 aromatic rings. The van der Waals surface area contributed by atoms with Gasteiger partial charge in [0.2, 0.25) is 0 Å². The summed E-state index contributed by atoms with van der Waals surface area (Å²) in [5.74, 6) is 0. The van der Waals surface area contributed by atoms with E-state index in [-0.39, 0.29) is 11.4 Å². The summed E-state index contributed by atoms with van der Waals surface area (Å²) in [5, 5.41) is 2.66. The Hall–Kier alpha value is -1.60. The van der Waals surface area contributed by atoms with Crippen LogP contribution in [-0.4, -0.2) is 49.8 Å². The Morgan fingerprint density at radius 2 is 1.92 bits per heavy atom. The molecule has 1 aromatic carbocycles. The molecule has 2 amide bonds. The summed E-state index contributed by atoms with van der Waals surface area (Å²) >= 11 is 0. The number of para-hydroxylation sites is 1. The van der Waals surface area contributed by atoms with Crippen molar-refractivity contribution in [3.05, 3.63) is 24.3 Å². The van der Waals surface area contributed by atoms with Crippen molar-refractivity contribution in [2.24, 2.45) is 0 Å². The average Bonchev–Trinajstić information content (AvgIpc) is 2.58. The van der Waals surface area contributed by atoms with Gasteiger partial charge in [-0.3, -0.25) is 0 Å². The molecule has 0 unspecified atom stereocenters. The molecular formula is C17H25N3O3S. The zero-order chi connectivity index (χ0) is 17.2. The smallest absolute Gasteiger partial charge is 0.306 e. The van der Waals surface area contributed by atoms with Crippen LogP contribution in [0.2, 0.25) is 0 Å². The summed E-state index contributed by atoms with van der Waals surface area (Å²) in [4.78, 5) is 14.7. The van der Waals surface area contributed by atoms with Crippen LogP contribution < -0.4 is 5.32 Å². The Morgan fingerprint density at radius 1 is 1.21 bits per heavy atom. The highest BCUT2D eigenvalue weighted by Gasteiger charge is 2.36. The van der Waals surface area contributed by atoms with Gasteiger partial charge in [0.25, 0.3) is 10.0 Å². The van der Waals surface area contributed by atoms with E-state index in [9.17, 15) is 13.2 Å². The fourth-order valence-electron chi connectivity index (χ4n) is 3.59. The molecule has 0 radical (unpaired) electrons. The molecule has 1 heterocycles. The molecule has 0 saturated heterocycles. The molecule has 6 nitrogen and oxygen atoms in total. The number of nitrogens with one attached hydrogen (secondary N) is 1. The van der Waals surface area contributed by atoms with Crippen LogP contribution in [0.15, 0.2) is 29.2 Å². The fraction of sp³-hybridized carbons (Fsp3) is 0.588. The number of fused-ring (bicyclic) bond motifs is 1. The molecule has 24 heavy (non-hydrogen) atoms. The van der Waals surface area contributed by atoms with E-state index < -0.39 is 16.1 Å². The van der Waals surface area contributed by atoms with Crippen molar-refractivity contribution in [1.82, 2.24) is 9.21 Å². The van der Waals surface area contributed by atoms with Crippen LogP contribution in [0.1, 0.15) is 38.5 Å². The number of hydrogen-bond donors (Lipinski definition) is 1. The number of urea groups is 1. The van der Waals surface area contributed by atoms with Crippen LogP contribution in [-0.2, 0) is 10.0 Å². The second kappa shape index (κ2) is 7.11. The van der Waals surface area contributed by atoms with E-state index in [1.807, 2.05) is 0 Å². The Kier molecular flexibility index (Phi) is 5.10. The van der Waals surface area contributed by atoms with Gasteiger partial charge in [-0.1, -0.05) is 31.4 Å². The van der Waals surface area contributed by atoms with E-state index in [2.05, 4.69) is 17.3 Å². The Morgan fingerprint density at radius 3 is 2.67 bits per heavy atom. The minimum atomic E-state index is -3.75. The number of amides is 2. The third-order valence-corrected chi connectivity index (χ3v) is 6.83. The highest BCUT2D eigenvalue weighted by Crippen LogP contribution is 2.29. The van der Waals surface area contributed by atoms with Crippen molar-refractivity contribution >= 4 is 21.7 Å². The van der Waals surface area contributed by atoms with Gasteiger partial charge in [0.05, 0.1) is 5.69 Å². The van der Waals surface area contributed by atoms with Gasteiger partial charge in [-0.05, 0) is 45.0 Å². The zero-order valence-electron chi connectivity index (χ0n) is 14.1. The van der Waals surface area contributed by atoms with E-state index in [1.165, 1.54) is 38.2 Å². The molecule has 1 aliphatic heterocycles. The van der Waals surface area contributed by atoms with Gasteiger partial charge in [-0.15, -0.1) is 0 Å². The monoisotopic (exact) mass is 351 g/mol. The molecule has 1 fully saturated rings. The molecule has 0 spiro atoms. The predicted octanol–water partition coefficient (Wildman–Crippen LogP) is 2.88. The highest BCUT2D eigenvalue weighted by molar-refractivity contribution is 7.90. The first-order chi connectivity index (χ1) is 11.5. The zero-order valence-corrected chi connectivity index (χ0v) is 14.9. The standard InChI is InChI=1S/C17H25N3O3S/c1-19(14-8-3-2-4-9-14)12-7-13-20-17(21)18-15-10-5-6-11-16(15)24(20,22)23/h5-6,10-11,14H,2-4,7-9,12-13H2,1H3,(H,18,21). The maximum atomic E-state index is 12.6. The van der Waals surface area contributed by atoms with Gasteiger partial charge in [0, 0.05) is 12.6 Å². The van der Waals surface area contributed by atoms with Crippen molar-refractivity contribution in [2.45, 2.75) is 49.5 Å². The SMILES string of the molecule is CN(CCCN1C(=O)Nc2ccccc2S1(=O)=O)C1CCCCC1. The number of rotatable bonds is 5. The van der Waals surface area contributed by atoms with Crippen LogP contribution in [0.25, 0.3) is 0 Å². The van der Waals surface area contributed by atoms with E-state index in [1.54, 1.807) is 18.2 Å². The summed E-state index contributed by atoms with van der Waals surface area (Å²) in [7, 11) is -1.66. The Balaban J connectivity index is 1.62. The summed E-state index contributed by atoms with van der Waals surface area (Å²) < 4.78 is 26.2. The van der Waals surface area contributed by atoms with Gasteiger partial charge in [0.15, 0.2) is 0 Å². The average molecular weight is 351 g/mol. The van der Waals surface area contributed by atoms with Gasteiger partial charge >= 0.3 is 6.03 Å². The first-order valence-electron chi connectivity index (χ1n) is 8.63. The van der Waals surface area contributed by atoms with E-state index in [4.69, 9.17) is 0 Å². The second-order valence-corrected chi connectivity index (χ2v) is 8.46. The molecule has 0 bridgehead atoms. The highest BCUT2D eigenvalue weighted by atomic mass is 32.2. The molecule has 3 rings (SSSR count). The van der Waals surface area contributed by atoms with Gasteiger partial charge in [-0.25, -0.2) is 17.5 Å². The second-order valence-electron chi connectivity index (χ2n) is 6.63. The topological polar surface area (TPSA) is 69.7 Å². The molecular weight excluding hydrogens is 326 g/mol. The summed E-state index contributed by atoms with van der Waals surface area (Å²) in [6, 6.07) is 6.55. The first kappa shape index (κ1) is 17.2. The van der Waals surface area contributed by atoms with Crippen LogP contribution in [0, 0.1) is 0 Å². The predicted molar refractivity (Wildman–Crippen MR) is 93.5 cm³/mol. The first-order valence-corrected chi connectivity index (χ1v) is 10.1. The lowest BCUT2D eigenvalue weighted by atomic mass is 9.94. The summed E-state index contributed by atoms with van der Waals surface area (Å²) in [6.07, 6.45) is 6.93. The number of anilines is 1. The summed E-state index contributed by atoms with van der Waals surface area (Å²) in [6.45, 7) is 1.01. The number of carbonyl (C=O) groups excluding carboxylic acids is 1. The van der Waals surface area contributed by atoms with Crippen LogP contribution in [0.3, 0.4) is 0 Å². The fourth-order valence-corrected chi connectivity index (χ4v) is 5.11.